The van der Waals surface area contributed by atoms with Gasteiger partial charge in [0.1, 0.15) is 0 Å². The Morgan fingerprint density at radius 1 is 1.14 bits per heavy atom. The minimum absolute atomic E-state index is 0.462. The van der Waals surface area contributed by atoms with E-state index in [2.05, 4.69) is 0 Å². The summed E-state index contributed by atoms with van der Waals surface area (Å²) in [4.78, 5) is 0. The molecule has 0 aromatic carbocycles. The number of hydrogen-bond donors (Lipinski definition) is 0. The fraction of sp³-hybridized carbons (Fsp3) is 1.00. The average molecular weight is 140 g/mol. The zero-order valence-electron chi connectivity index (χ0n) is 4.52. The minimum Gasteiger partial charge on any atom is -0.336 e. The first-order valence-corrected chi connectivity index (χ1v) is 4.80. The lowest BCUT2D eigenvalue weighted by atomic mass is 11.6. The number of rotatable bonds is 4. The van der Waals surface area contributed by atoms with Gasteiger partial charge >= 0.3 is 0 Å². The summed E-state index contributed by atoms with van der Waals surface area (Å²) in [7, 11) is 1.09. The summed E-state index contributed by atoms with van der Waals surface area (Å²) in [6, 6.07) is 0. The van der Waals surface area contributed by atoms with E-state index in [0.29, 0.717) is 24.4 Å². The van der Waals surface area contributed by atoms with E-state index < -0.39 is 0 Å². The van der Waals surface area contributed by atoms with E-state index in [1.54, 1.807) is 0 Å². The van der Waals surface area contributed by atoms with Crippen LogP contribution in [0.4, 0.5) is 0 Å². The zero-order chi connectivity index (χ0) is 5.54. The van der Waals surface area contributed by atoms with Crippen LogP contribution in [0.5, 0.6) is 0 Å². The van der Waals surface area contributed by atoms with Crippen LogP contribution in [-0.2, 0) is 9.05 Å². The van der Waals surface area contributed by atoms with Gasteiger partial charge in [0, 0.05) is 17.6 Å². The third-order valence-electron chi connectivity index (χ3n) is 0.407. The van der Waals surface area contributed by atoms with Gasteiger partial charge in [-0.15, -0.1) is 0 Å². The van der Waals surface area contributed by atoms with Crippen LogP contribution in [0.3, 0.4) is 0 Å². The van der Waals surface area contributed by atoms with Gasteiger partial charge in [-0.3, -0.25) is 0 Å². The monoisotopic (exact) mass is 140 g/mol. The molecule has 0 N–H and O–H groups in total. The molecule has 2 nitrogen and oxygen atoms in total. The van der Waals surface area contributed by atoms with Gasteiger partial charge in [0.05, 0.1) is 0 Å². The van der Waals surface area contributed by atoms with Gasteiger partial charge in [-0.2, -0.15) is 0 Å². The van der Waals surface area contributed by atoms with Crippen LogP contribution < -0.4 is 0 Å². The first-order valence-electron chi connectivity index (χ1n) is 1.99. The van der Waals surface area contributed by atoms with Crippen LogP contribution in [0.2, 0.25) is 0 Å². The molecule has 0 rings (SSSR count). The maximum atomic E-state index is 4.89. The Bertz CT molecular complexity index is 30.1. The molecule has 0 aliphatic heterocycles. The van der Waals surface area contributed by atoms with E-state index in [1.807, 2.05) is 13.3 Å². The van der Waals surface area contributed by atoms with Gasteiger partial charge in [-0.1, -0.05) is 0 Å². The van der Waals surface area contributed by atoms with Gasteiger partial charge in [-0.25, -0.2) is 0 Å². The fourth-order valence-electron chi connectivity index (χ4n) is 0.147. The second kappa shape index (κ2) is 6.78. The molecule has 0 fully saturated rings. The molecule has 0 aliphatic rings. The Kier molecular flexibility index (Phi) is 7.54. The molecule has 0 heterocycles. The van der Waals surface area contributed by atoms with Crippen LogP contribution >= 0.6 is 17.6 Å². The van der Waals surface area contributed by atoms with E-state index in [4.69, 9.17) is 9.05 Å². The van der Waals surface area contributed by atoms with Crippen LogP contribution in [0.25, 0.3) is 0 Å². The molecule has 2 unspecified atom stereocenters. The van der Waals surface area contributed by atoms with Crippen molar-refractivity contribution < 1.29 is 9.05 Å². The summed E-state index contributed by atoms with van der Waals surface area (Å²) < 4.78 is 9.77. The summed E-state index contributed by atoms with van der Waals surface area (Å²) in [5, 5.41) is 0. The Balaban J connectivity index is 2.45. The van der Waals surface area contributed by atoms with Crippen LogP contribution in [0.1, 0.15) is 0 Å². The molecule has 0 amide bonds. The van der Waals surface area contributed by atoms with Gasteiger partial charge in [0.2, 0.25) is 0 Å². The molecule has 0 aromatic rings. The topological polar surface area (TPSA) is 18.5 Å². The lowest BCUT2D eigenvalue weighted by Gasteiger charge is -1.96. The third-order valence-corrected chi connectivity index (χ3v) is 1.22. The minimum atomic E-state index is 0.462. The van der Waals surface area contributed by atoms with E-state index >= 15 is 0 Å². The van der Waals surface area contributed by atoms with E-state index in [9.17, 15) is 0 Å². The van der Waals surface area contributed by atoms with Crippen molar-refractivity contribution >= 4 is 17.6 Å². The molecular formula is C3H10O2P2. The summed E-state index contributed by atoms with van der Waals surface area (Å²) in [5.74, 6) is 0. The molecule has 0 aromatic heterocycles. The Morgan fingerprint density at radius 2 is 1.57 bits per heavy atom. The van der Waals surface area contributed by atoms with Crippen molar-refractivity contribution in [3.63, 3.8) is 0 Å². The Labute approximate surface area is 47.7 Å². The molecule has 4 heteroatoms. The maximum absolute atomic E-state index is 4.89. The normalized spacial score (nSPS) is 12.9. The predicted molar refractivity (Wildman–Crippen MR) is 35.5 cm³/mol. The van der Waals surface area contributed by atoms with Crippen molar-refractivity contribution in [2.75, 3.05) is 20.1 Å². The van der Waals surface area contributed by atoms with Crippen molar-refractivity contribution in [3.8, 4) is 0 Å². The summed E-state index contributed by atoms with van der Waals surface area (Å²) in [5.41, 5.74) is 0. The quantitative estimate of drug-likeness (QED) is 0.334. The first-order chi connectivity index (χ1) is 3.41. The molecule has 0 saturated carbocycles. The Morgan fingerprint density at radius 3 is 1.86 bits per heavy atom. The summed E-state index contributed by atoms with van der Waals surface area (Å²) in [6.07, 6.45) is 0. The van der Waals surface area contributed by atoms with Crippen LogP contribution in [0.15, 0.2) is 0 Å². The van der Waals surface area contributed by atoms with E-state index in [1.165, 1.54) is 0 Å². The van der Waals surface area contributed by atoms with E-state index in [-0.39, 0.29) is 0 Å². The molecule has 2 atom stereocenters. The standard InChI is InChI=1S/C3H10O2P2/c1-6-4-3-5-7-2/h6-7H,3H2,1-2H3. The molecule has 44 valence electrons. The molecule has 0 spiro atoms. The first kappa shape index (κ1) is 7.78. The highest BCUT2D eigenvalue weighted by atomic mass is 31.1. The predicted octanol–water partition coefficient (Wildman–Crippen LogP) is 1.42. The highest BCUT2D eigenvalue weighted by molar-refractivity contribution is 7.31. The number of hydrogen-bond acceptors (Lipinski definition) is 2. The maximum Gasteiger partial charge on any atom is 0.153 e. The second-order valence-electron chi connectivity index (χ2n) is 0.815. The van der Waals surface area contributed by atoms with Crippen molar-refractivity contribution in [2.45, 2.75) is 0 Å². The van der Waals surface area contributed by atoms with Crippen LogP contribution in [0, 0.1) is 0 Å². The summed E-state index contributed by atoms with van der Waals surface area (Å²) >= 11 is 0. The lowest BCUT2D eigenvalue weighted by molar-refractivity contribution is 0.158. The highest BCUT2D eigenvalue weighted by Crippen LogP contribution is 2.09. The zero-order valence-corrected chi connectivity index (χ0v) is 6.52. The molecule has 0 radical (unpaired) electrons. The molecule has 0 saturated heterocycles. The molecule has 0 aliphatic carbocycles. The average Bonchev–Trinajstić information content (AvgIpc) is 1.69. The molecule has 7 heavy (non-hydrogen) atoms. The largest absolute Gasteiger partial charge is 0.336 e. The van der Waals surface area contributed by atoms with Gasteiger partial charge in [0.25, 0.3) is 0 Å². The Hall–Kier alpha value is 0.780. The van der Waals surface area contributed by atoms with Gasteiger partial charge in [0.15, 0.2) is 6.79 Å². The second-order valence-corrected chi connectivity index (χ2v) is 2.21. The third kappa shape index (κ3) is 6.78. The van der Waals surface area contributed by atoms with Crippen molar-refractivity contribution in [1.82, 2.24) is 0 Å². The smallest absolute Gasteiger partial charge is 0.153 e. The lowest BCUT2D eigenvalue weighted by Crippen LogP contribution is -1.81. The SMILES string of the molecule is CPOCOPC. The molecule has 0 bridgehead atoms. The summed E-state index contributed by atoms with van der Waals surface area (Å²) in [6.45, 7) is 4.41. The van der Waals surface area contributed by atoms with E-state index in [0.717, 1.165) is 0 Å². The van der Waals surface area contributed by atoms with Crippen molar-refractivity contribution in [3.05, 3.63) is 0 Å². The van der Waals surface area contributed by atoms with Gasteiger partial charge < -0.3 is 9.05 Å². The fourth-order valence-corrected chi connectivity index (χ4v) is 0.619. The van der Waals surface area contributed by atoms with Crippen molar-refractivity contribution in [1.29, 1.82) is 0 Å². The van der Waals surface area contributed by atoms with Gasteiger partial charge in [-0.05, 0) is 13.3 Å². The highest BCUT2D eigenvalue weighted by Gasteiger charge is 1.76. The van der Waals surface area contributed by atoms with Crippen molar-refractivity contribution in [2.24, 2.45) is 0 Å². The molecular weight excluding hydrogens is 130 g/mol. The van der Waals surface area contributed by atoms with Crippen LogP contribution in [-0.4, -0.2) is 20.1 Å².